The van der Waals surface area contributed by atoms with Crippen molar-refractivity contribution in [3.05, 3.63) is 47.6 Å². The Bertz CT molecular complexity index is 379. The second kappa shape index (κ2) is 2.73. The smallest absolute Gasteiger partial charge is 0.0120 e. The second-order valence-electron chi connectivity index (χ2n) is 4.78. The number of hydrogen-bond donors (Lipinski definition) is 0. The molecule has 0 N–H and O–H groups in total. The van der Waals surface area contributed by atoms with Crippen molar-refractivity contribution < 1.29 is 0 Å². The highest BCUT2D eigenvalue weighted by atomic mass is 14.5. The van der Waals surface area contributed by atoms with E-state index in [1.165, 1.54) is 5.57 Å². The van der Waals surface area contributed by atoms with Crippen molar-refractivity contribution in [2.45, 2.75) is 13.8 Å². The van der Waals surface area contributed by atoms with Crippen molar-refractivity contribution in [1.82, 2.24) is 0 Å². The highest BCUT2D eigenvalue weighted by molar-refractivity contribution is 5.47. The molecule has 3 aliphatic carbocycles. The third-order valence-electron chi connectivity index (χ3n) is 4.22. The van der Waals surface area contributed by atoms with E-state index in [1.54, 1.807) is 5.57 Å². The third kappa shape index (κ3) is 0.890. The van der Waals surface area contributed by atoms with Gasteiger partial charge in [0, 0.05) is 5.92 Å². The molecule has 3 rings (SSSR count). The molecule has 0 aromatic carbocycles. The van der Waals surface area contributed by atoms with Crippen LogP contribution in [-0.4, -0.2) is 0 Å². The Balaban J connectivity index is 2.15. The largest absolute Gasteiger partial charge is 0.0802 e. The fourth-order valence-electron chi connectivity index (χ4n) is 3.23. The van der Waals surface area contributed by atoms with Gasteiger partial charge in [0.2, 0.25) is 0 Å². The van der Waals surface area contributed by atoms with Gasteiger partial charge in [-0.05, 0) is 23.3 Å². The Labute approximate surface area is 85.7 Å². The van der Waals surface area contributed by atoms with Gasteiger partial charge in [-0.15, -0.1) is 0 Å². The molecule has 0 radical (unpaired) electrons. The SMILES string of the molecule is CC1C2=CC=CC3=CC=CC(C32)C1C. The summed E-state index contributed by atoms with van der Waals surface area (Å²) < 4.78 is 0. The first kappa shape index (κ1) is 8.28. The molecular weight excluding hydrogens is 168 g/mol. The molecular formula is C14H16. The van der Waals surface area contributed by atoms with Crippen LogP contribution in [0.25, 0.3) is 0 Å². The van der Waals surface area contributed by atoms with E-state index < -0.39 is 0 Å². The van der Waals surface area contributed by atoms with Crippen LogP contribution in [0.1, 0.15) is 13.8 Å². The predicted octanol–water partition coefficient (Wildman–Crippen LogP) is 3.50. The summed E-state index contributed by atoms with van der Waals surface area (Å²) in [6.45, 7) is 4.77. The van der Waals surface area contributed by atoms with Crippen molar-refractivity contribution in [2.24, 2.45) is 23.7 Å². The van der Waals surface area contributed by atoms with Crippen molar-refractivity contribution in [3.8, 4) is 0 Å². The molecule has 14 heavy (non-hydrogen) atoms. The van der Waals surface area contributed by atoms with Gasteiger partial charge in [-0.25, -0.2) is 0 Å². The zero-order chi connectivity index (χ0) is 9.71. The van der Waals surface area contributed by atoms with E-state index >= 15 is 0 Å². The van der Waals surface area contributed by atoms with Crippen LogP contribution in [0.4, 0.5) is 0 Å². The fourth-order valence-corrected chi connectivity index (χ4v) is 3.23. The maximum atomic E-state index is 2.40. The number of rotatable bonds is 0. The van der Waals surface area contributed by atoms with E-state index in [-0.39, 0.29) is 0 Å². The van der Waals surface area contributed by atoms with E-state index in [0.717, 1.165) is 17.8 Å². The van der Waals surface area contributed by atoms with E-state index in [2.05, 4.69) is 50.3 Å². The summed E-state index contributed by atoms with van der Waals surface area (Å²) in [4.78, 5) is 0. The summed E-state index contributed by atoms with van der Waals surface area (Å²) in [7, 11) is 0. The molecule has 0 heterocycles. The van der Waals surface area contributed by atoms with Gasteiger partial charge >= 0.3 is 0 Å². The lowest BCUT2D eigenvalue weighted by Crippen LogP contribution is -2.16. The van der Waals surface area contributed by atoms with E-state index in [4.69, 9.17) is 0 Å². The molecule has 0 aromatic rings. The van der Waals surface area contributed by atoms with E-state index in [0.29, 0.717) is 5.92 Å². The normalized spacial score (nSPS) is 43.3. The zero-order valence-electron chi connectivity index (χ0n) is 8.77. The molecule has 0 saturated heterocycles. The predicted molar refractivity (Wildman–Crippen MR) is 59.8 cm³/mol. The first-order valence-electron chi connectivity index (χ1n) is 5.55. The van der Waals surface area contributed by atoms with Gasteiger partial charge in [-0.1, -0.05) is 55.9 Å². The molecule has 3 aliphatic rings. The average Bonchev–Trinajstić information content (AvgIpc) is 2.47. The van der Waals surface area contributed by atoms with Crippen LogP contribution in [0.2, 0.25) is 0 Å². The quantitative estimate of drug-likeness (QED) is 0.540. The minimum absolute atomic E-state index is 0.704. The van der Waals surface area contributed by atoms with Crippen molar-refractivity contribution in [2.75, 3.05) is 0 Å². The van der Waals surface area contributed by atoms with Crippen LogP contribution in [-0.2, 0) is 0 Å². The highest BCUT2D eigenvalue weighted by Crippen LogP contribution is 2.52. The van der Waals surface area contributed by atoms with Gasteiger partial charge in [0.25, 0.3) is 0 Å². The molecule has 0 amide bonds. The lowest BCUT2D eigenvalue weighted by molar-refractivity contribution is 0.395. The Morgan fingerprint density at radius 1 is 1.07 bits per heavy atom. The zero-order valence-corrected chi connectivity index (χ0v) is 8.77. The average molecular weight is 184 g/mol. The van der Waals surface area contributed by atoms with Crippen LogP contribution in [0.3, 0.4) is 0 Å². The minimum Gasteiger partial charge on any atom is -0.0802 e. The maximum absolute atomic E-state index is 2.40. The Morgan fingerprint density at radius 3 is 2.79 bits per heavy atom. The molecule has 1 fully saturated rings. The van der Waals surface area contributed by atoms with Crippen molar-refractivity contribution >= 4 is 0 Å². The molecule has 1 saturated carbocycles. The fraction of sp³-hybridized carbons (Fsp3) is 0.429. The van der Waals surface area contributed by atoms with Crippen LogP contribution in [0.5, 0.6) is 0 Å². The lowest BCUT2D eigenvalue weighted by atomic mass is 9.79. The Hall–Kier alpha value is -1.04. The third-order valence-corrected chi connectivity index (χ3v) is 4.22. The molecule has 0 nitrogen and oxygen atoms in total. The molecule has 0 spiro atoms. The lowest BCUT2D eigenvalue weighted by Gasteiger charge is -2.25. The Kier molecular flexibility index (Phi) is 1.61. The van der Waals surface area contributed by atoms with Crippen LogP contribution >= 0.6 is 0 Å². The van der Waals surface area contributed by atoms with Gasteiger partial charge in [-0.2, -0.15) is 0 Å². The maximum Gasteiger partial charge on any atom is 0.0120 e. The molecule has 72 valence electrons. The van der Waals surface area contributed by atoms with Gasteiger partial charge < -0.3 is 0 Å². The molecule has 4 atom stereocenters. The molecule has 0 aromatic heterocycles. The number of allylic oxidation sites excluding steroid dienone is 8. The molecule has 0 heteroatoms. The van der Waals surface area contributed by atoms with Gasteiger partial charge in [0.1, 0.15) is 0 Å². The van der Waals surface area contributed by atoms with Crippen LogP contribution < -0.4 is 0 Å². The van der Waals surface area contributed by atoms with Crippen molar-refractivity contribution in [1.29, 1.82) is 0 Å². The topological polar surface area (TPSA) is 0 Å². The minimum atomic E-state index is 0.704. The highest BCUT2D eigenvalue weighted by Gasteiger charge is 2.43. The van der Waals surface area contributed by atoms with Crippen molar-refractivity contribution in [3.63, 3.8) is 0 Å². The van der Waals surface area contributed by atoms with Crippen LogP contribution in [0.15, 0.2) is 47.6 Å². The van der Waals surface area contributed by atoms with E-state index in [9.17, 15) is 0 Å². The number of hydrogen-bond acceptors (Lipinski definition) is 0. The Morgan fingerprint density at radius 2 is 1.93 bits per heavy atom. The molecule has 4 unspecified atom stereocenters. The summed E-state index contributed by atoms with van der Waals surface area (Å²) in [5, 5.41) is 0. The molecule has 0 aliphatic heterocycles. The summed E-state index contributed by atoms with van der Waals surface area (Å²) >= 11 is 0. The second-order valence-corrected chi connectivity index (χ2v) is 4.78. The monoisotopic (exact) mass is 184 g/mol. The molecule has 0 bridgehead atoms. The van der Waals surface area contributed by atoms with Gasteiger partial charge in [-0.3, -0.25) is 0 Å². The first-order valence-corrected chi connectivity index (χ1v) is 5.55. The first-order chi connectivity index (χ1) is 6.79. The summed E-state index contributed by atoms with van der Waals surface area (Å²) in [5.74, 6) is 3.00. The summed E-state index contributed by atoms with van der Waals surface area (Å²) in [5.41, 5.74) is 3.17. The summed E-state index contributed by atoms with van der Waals surface area (Å²) in [6.07, 6.45) is 13.7. The standard InChI is InChI=1S/C14H16/c1-9-10(2)13-8-4-6-11-5-3-7-12(9)14(11)13/h3-10,12,14H,1-2H3. The van der Waals surface area contributed by atoms with Crippen LogP contribution in [0, 0.1) is 23.7 Å². The van der Waals surface area contributed by atoms with E-state index in [1.807, 2.05) is 0 Å². The van der Waals surface area contributed by atoms with Gasteiger partial charge in [0.05, 0.1) is 0 Å². The van der Waals surface area contributed by atoms with Gasteiger partial charge in [0.15, 0.2) is 0 Å². The summed E-state index contributed by atoms with van der Waals surface area (Å²) in [6, 6.07) is 0.